The Hall–Kier alpha value is -4.18. The Morgan fingerprint density at radius 2 is 1.63 bits per heavy atom. The van der Waals surface area contributed by atoms with Gasteiger partial charge >= 0.3 is 5.97 Å². The van der Waals surface area contributed by atoms with Crippen molar-refractivity contribution in [1.82, 2.24) is 0 Å². The molecule has 0 aromatic heterocycles. The van der Waals surface area contributed by atoms with E-state index in [9.17, 15) is 18.4 Å². The number of ether oxygens (including phenoxy) is 2. The predicted octanol–water partition coefficient (Wildman–Crippen LogP) is 5.51. The van der Waals surface area contributed by atoms with Gasteiger partial charge < -0.3 is 9.47 Å². The van der Waals surface area contributed by atoms with Gasteiger partial charge in [-0.05, 0) is 62.7 Å². The first-order chi connectivity index (χ1) is 16.6. The summed E-state index contributed by atoms with van der Waals surface area (Å²) >= 11 is 0. The van der Waals surface area contributed by atoms with E-state index in [0.29, 0.717) is 11.3 Å². The van der Waals surface area contributed by atoms with E-state index in [0.717, 1.165) is 28.7 Å². The summed E-state index contributed by atoms with van der Waals surface area (Å²) in [7, 11) is 0. The SMILES string of the molecule is C#Cc1cccc(COc2cccc(N(CC(=O)OC(C)(C)C)C(=O)c3c(F)cccc3F)c2)c1. The minimum atomic E-state index is -1.04. The highest BCUT2D eigenvalue weighted by Crippen LogP contribution is 2.26. The fourth-order valence-electron chi connectivity index (χ4n) is 3.28. The number of hydrogen-bond acceptors (Lipinski definition) is 4. The van der Waals surface area contributed by atoms with Crippen LogP contribution < -0.4 is 9.64 Å². The van der Waals surface area contributed by atoms with E-state index in [-0.39, 0.29) is 12.3 Å². The van der Waals surface area contributed by atoms with E-state index < -0.39 is 41.2 Å². The lowest BCUT2D eigenvalue weighted by atomic mass is 10.1. The van der Waals surface area contributed by atoms with E-state index in [2.05, 4.69) is 5.92 Å². The van der Waals surface area contributed by atoms with Crippen molar-refractivity contribution < 1.29 is 27.8 Å². The van der Waals surface area contributed by atoms with Crippen LogP contribution in [-0.4, -0.2) is 24.0 Å². The maximum absolute atomic E-state index is 14.4. The minimum absolute atomic E-state index is 0.195. The lowest BCUT2D eigenvalue weighted by molar-refractivity contribution is -0.152. The number of anilines is 1. The summed E-state index contributed by atoms with van der Waals surface area (Å²) in [6.45, 7) is 4.67. The number of esters is 1. The summed E-state index contributed by atoms with van der Waals surface area (Å²) in [5, 5.41) is 0. The molecule has 35 heavy (non-hydrogen) atoms. The number of rotatable bonds is 7. The molecule has 3 aromatic carbocycles. The summed E-state index contributed by atoms with van der Waals surface area (Å²) < 4.78 is 39.9. The average Bonchev–Trinajstić information content (AvgIpc) is 2.80. The van der Waals surface area contributed by atoms with E-state index in [4.69, 9.17) is 15.9 Å². The monoisotopic (exact) mass is 477 g/mol. The molecule has 5 nitrogen and oxygen atoms in total. The largest absolute Gasteiger partial charge is 0.489 e. The molecule has 0 radical (unpaired) electrons. The van der Waals surface area contributed by atoms with Gasteiger partial charge in [0.25, 0.3) is 5.91 Å². The molecular formula is C28H25F2NO4. The van der Waals surface area contributed by atoms with Crippen molar-refractivity contribution in [3.8, 4) is 18.1 Å². The second-order valence-electron chi connectivity index (χ2n) is 8.71. The molecule has 0 spiro atoms. The summed E-state index contributed by atoms with van der Waals surface area (Å²) in [4.78, 5) is 26.7. The maximum atomic E-state index is 14.4. The molecule has 0 aliphatic rings. The second-order valence-corrected chi connectivity index (χ2v) is 8.71. The molecule has 7 heteroatoms. The third-order valence-electron chi connectivity index (χ3n) is 4.76. The minimum Gasteiger partial charge on any atom is -0.489 e. The van der Waals surface area contributed by atoms with Gasteiger partial charge in [-0.15, -0.1) is 6.42 Å². The highest BCUT2D eigenvalue weighted by molar-refractivity contribution is 6.08. The third kappa shape index (κ3) is 6.90. The number of benzene rings is 3. The van der Waals surface area contributed by atoms with E-state index in [1.807, 2.05) is 18.2 Å². The number of amides is 1. The Labute approximate surface area is 203 Å². The number of terminal acetylenes is 1. The second kappa shape index (κ2) is 10.8. The number of nitrogens with zero attached hydrogens (tertiary/aromatic N) is 1. The number of carbonyl (C=O) groups excluding carboxylic acids is 2. The van der Waals surface area contributed by atoms with Crippen LogP contribution in [0.1, 0.15) is 42.3 Å². The number of halogens is 2. The Balaban J connectivity index is 1.91. The van der Waals surface area contributed by atoms with Gasteiger partial charge in [0.2, 0.25) is 0 Å². The molecule has 0 atom stereocenters. The van der Waals surface area contributed by atoms with E-state index in [1.54, 1.807) is 39.0 Å². The predicted molar refractivity (Wildman–Crippen MR) is 129 cm³/mol. The third-order valence-corrected chi connectivity index (χ3v) is 4.76. The Kier molecular flexibility index (Phi) is 7.87. The highest BCUT2D eigenvalue weighted by Gasteiger charge is 2.28. The summed E-state index contributed by atoms with van der Waals surface area (Å²) in [6.07, 6.45) is 5.44. The number of hydrogen-bond donors (Lipinski definition) is 0. The van der Waals surface area contributed by atoms with Gasteiger partial charge in [0, 0.05) is 17.3 Å². The van der Waals surface area contributed by atoms with Crippen LogP contribution >= 0.6 is 0 Å². The average molecular weight is 478 g/mol. The lowest BCUT2D eigenvalue weighted by Gasteiger charge is -2.26. The van der Waals surface area contributed by atoms with Crippen molar-refractivity contribution in [2.75, 3.05) is 11.4 Å². The van der Waals surface area contributed by atoms with Gasteiger partial charge in [0.15, 0.2) is 0 Å². The quantitative estimate of drug-likeness (QED) is 0.333. The molecular weight excluding hydrogens is 452 g/mol. The molecule has 0 aliphatic heterocycles. The Morgan fingerprint density at radius 3 is 2.29 bits per heavy atom. The molecule has 0 unspecified atom stereocenters. The lowest BCUT2D eigenvalue weighted by Crippen LogP contribution is -2.39. The fraction of sp³-hybridized carbons (Fsp3) is 0.214. The van der Waals surface area contributed by atoms with Crippen molar-refractivity contribution in [3.63, 3.8) is 0 Å². The molecule has 0 aliphatic carbocycles. The highest BCUT2D eigenvalue weighted by atomic mass is 19.1. The van der Waals surface area contributed by atoms with Crippen LogP contribution in [0.4, 0.5) is 14.5 Å². The molecule has 3 rings (SSSR count). The van der Waals surface area contributed by atoms with Crippen LogP contribution in [-0.2, 0) is 16.1 Å². The smallest absolute Gasteiger partial charge is 0.326 e. The molecule has 3 aromatic rings. The van der Waals surface area contributed by atoms with Crippen molar-refractivity contribution in [2.24, 2.45) is 0 Å². The molecule has 0 saturated carbocycles. The molecule has 180 valence electrons. The van der Waals surface area contributed by atoms with Crippen LogP contribution in [0.2, 0.25) is 0 Å². The standard InChI is InChI=1S/C28H25F2NO4/c1-5-19-9-6-10-20(15-19)18-34-22-12-7-11-21(16-22)31(17-25(32)35-28(2,3)4)27(33)26-23(29)13-8-14-24(26)30/h1,6-16H,17-18H2,2-4H3. The van der Waals surface area contributed by atoms with Crippen molar-refractivity contribution in [1.29, 1.82) is 0 Å². The molecule has 0 N–H and O–H groups in total. The zero-order valence-corrected chi connectivity index (χ0v) is 19.7. The molecule has 0 bridgehead atoms. The van der Waals surface area contributed by atoms with Gasteiger partial charge in [-0.3, -0.25) is 14.5 Å². The molecule has 1 amide bonds. The van der Waals surface area contributed by atoms with Crippen LogP contribution in [0.25, 0.3) is 0 Å². The first-order valence-electron chi connectivity index (χ1n) is 10.8. The first kappa shape index (κ1) is 25.4. The molecule has 0 saturated heterocycles. The Morgan fingerprint density at radius 1 is 0.971 bits per heavy atom. The Bertz CT molecular complexity index is 1250. The molecule has 0 heterocycles. The zero-order chi connectivity index (χ0) is 25.6. The van der Waals surface area contributed by atoms with Crippen molar-refractivity contribution in [3.05, 3.63) is 95.1 Å². The zero-order valence-electron chi connectivity index (χ0n) is 19.7. The van der Waals surface area contributed by atoms with Gasteiger partial charge in [-0.2, -0.15) is 0 Å². The van der Waals surface area contributed by atoms with Gasteiger partial charge in [0.05, 0.1) is 0 Å². The maximum Gasteiger partial charge on any atom is 0.326 e. The van der Waals surface area contributed by atoms with Crippen molar-refractivity contribution >= 4 is 17.6 Å². The van der Waals surface area contributed by atoms with E-state index in [1.165, 1.54) is 12.1 Å². The van der Waals surface area contributed by atoms with Crippen LogP contribution in [0.5, 0.6) is 5.75 Å². The first-order valence-corrected chi connectivity index (χ1v) is 10.8. The summed E-state index contributed by atoms with van der Waals surface area (Å²) in [5.74, 6) is -0.898. The van der Waals surface area contributed by atoms with E-state index >= 15 is 0 Å². The molecule has 0 fully saturated rings. The van der Waals surface area contributed by atoms with Crippen LogP contribution in [0.15, 0.2) is 66.7 Å². The van der Waals surface area contributed by atoms with Gasteiger partial charge in [-0.1, -0.05) is 30.2 Å². The topological polar surface area (TPSA) is 55.8 Å². The van der Waals surface area contributed by atoms with Gasteiger partial charge in [0.1, 0.15) is 41.7 Å². The van der Waals surface area contributed by atoms with Crippen LogP contribution in [0, 0.1) is 24.0 Å². The van der Waals surface area contributed by atoms with Crippen LogP contribution in [0.3, 0.4) is 0 Å². The normalized spacial score (nSPS) is 10.9. The van der Waals surface area contributed by atoms with Crippen molar-refractivity contribution in [2.45, 2.75) is 33.0 Å². The fourth-order valence-corrected chi connectivity index (χ4v) is 3.28. The summed E-state index contributed by atoms with van der Waals surface area (Å²) in [6, 6.07) is 16.7. The summed E-state index contributed by atoms with van der Waals surface area (Å²) in [5.41, 5.74) is 0.168. The van der Waals surface area contributed by atoms with Gasteiger partial charge in [-0.25, -0.2) is 8.78 Å². The number of carbonyl (C=O) groups is 2.